The van der Waals surface area contributed by atoms with E-state index in [0.29, 0.717) is 11.8 Å². The first-order valence-corrected chi connectivity index (χ1v) is 4.69. The van der Waals surface area contributed by atoms with Crippen LogP contribution < -0.4 is 0 Å². The van der Waals surface area contributed by atoms with Crippen LogP contribution in [0.25, 0.3) is 0 Å². The van der Waals surface area contributed by atoms with E-state index in [0.717, 1.165) is 19.3 Å². The summed E-state index contributed by atoms with van der Waals surface area (Å²) in [7, 11) is 0. The Morgan fingerprint density at radius 1 is 1.36 bits per heavy atom. The van der Waals surface area contributed by atoms with Gasteiger partial charge in [-0.25, -0.2) is 0 Å². The van der Waals surface area contributed by atoms with Crippen molar-refractivity contribution in [2.75, 3.05) is 0 Å². The van der Waals surface area contributed by atoms with E-state index in [2.05, 4.69) is 6.92 Å². The molecule has 3 heteroatoms. The first-order chi connectivity index (χ1) is 6.70. The van der Waals surface area contributed by atoms with Gasteiger partial charge in [0.1, 0.15) is 11.5 Å². The number of phenols is 2. The van der Waals surface area contributed by atoms with E-state index in [1.165, 1.54) is 6.07 Å². The van der Waals surface area contributed by atoms with Crippen LogP contribution in [0, 0.1) is 0 Å². The summed E-state index contributed by atoms with van der Waals surface area (Å²) in [4.78, 5) is 10.6. The molecule has 0 aliphatic carbocycles. The molecule has 0 radical (unpaired) electrons. The molecule has 0 bridgehead atoms. The van der Waals surface area contributed by atoms with E-state index < -0.39 is 0 Å². The van der Waals surface area contributed by atoms with Crippen molar-refractivity contribution >= 4 is 6.29 Å². The number of rotatable bonds is 4. The van der Waals surface area contributed by atoms with Gasteiger partial charge in [0.05, 0.1) is 5.56 Å². The second-order valence-corrected chi connectivity index (χ2v) is 3.23. The molecule has 76 valence electrons. The van der Waals surface area contributed by atoms with Crippen molar-refractivity contribution in [3.8, 4) is 11.5 Å². The maximum atomic E-state index is 10.6. The Morgan fingerprint density at radius 3 is 2.64 bits per heavy atom. The lowest BCUT2D eigenvalue weighted by Gasteiger charge is -2.06. The van der Waals surface area contributed by atoms with Gasteiger partial charge in [-0.05, 0) is 24.5 Å². The number of aldehydes is 1. The topological polar surface area (TPSA) is 57.5 Å². The van der Waals surface area contributed by atoms with Crippen LogP contribution in [0.4, 0.5) is 0 Å². The van der Waals surface area contributed by atoms with Gasteiger partial charge in [0.25, 0.3) is 0 Å². The molecule has 0 aromatic heterocycles. The molecule has 0 spiro atoms. The van der Waals surface area contributed by atoms with Crippen molar-refractivity contribution in [2.24, 2.45) is 0 Å². The number of hydrogen-bond donors (Lipinski definition) is 2. The highest BCUT2D eigenvalue weighted by molar-refractivity contribution is 5.84. The second kappa shape index (κ2) is 4.65. The summed E-state index contributed by atoms with van der Waals surface area (Å²) in [5, 5.41) is 18.9. The predicted molar refractivity (Wildman–Crippen MR) is 53.8 cm³/mol. The van der Waals surface area contributed by atoms with Crippen molar-refractivity contribution in [3.63, 3.8) is 0 Å². The van der Waals surface area contributed by atoms with Gasteiger partial charge in [0.15, 0.2) is 6.29 Å². The number of carbonyl (C=O) groups excluding carboxylic acids is 1. The third-order valence-electron chi connectivity index (χ3n) is 2.20. The van der Waals surface area contributed by atoms with E-state index in [1.807, 2.05) is 0 Å². The van der Waals surface area contributed by atoms with Crippen LogP contribution in [0.2, 0.25) is 0 Å². The molecule has 0 atom stereocenters. The zero-order valence-electron chi connectivity index (χ0n) is 8.16. The van der Waals surface area contributed by atoms with E-state index in [4.69, 9.17) is 0 Å². The highest BCUT2D eigenvalue weighted by Gasteiger charge is 2.10. The zero-order chi connectivity index (χ0) is 10.6. The summed E-state index contributed by atoms with van der Waals surface area (Å²) in [6.45, 7) is 2.05. The van der Waals surface area contributed by atoms with Gasteiger partial charge in [-0.3, -0.25) is 4.79 Å². The second-order valence-electron chi connectivity index (χ2n) is 3.23. The summed E-state index contributed by atoms with van der Waals surface area (Å²) in [6.07, 6.45) is 3.18. The van der Waals surface area contributed by atoms with Crippen molar-refractivity contribution in [3.05, 3.63) is 23.3 Å². The van der Waals surface area contributed by atoms with Gasteiger partial charge in [-0.1, -0.05) is 19.4 Å². The molecule has 0 aliphatic heterocycles. The Morgan fingerprint density at radius 2 is 2.07 bits per heavy atom. The van der Waals surface area contributed by atoms with Gasteiger partial charge in [0, 0.05) is 0 Å². The Labute approximate surface area is 83.0 Å². The average molecular weight is 194 g/mol. The maximum Gasteiger partial charge on any atom is 0.157 e. The summed E-state index contributed by atoms with van der Waals surface area (Å²) >= 11 is 0. The summed E-state index contributed by atoms with van der Waals surface area (Å²) in [6, 6.07) is 3.09. The average Bonchev–Trinajstić information content (AvgIpc) is 2.18. The maximum absolute atomic E-state index is 10.6. The van der Waals surface area contributed by atoms with E-state index >= 15 is 0 Å². The Kier molecular flexibility index (Phi) is 3.51. The predicted octanol–water partition coefficient (Wildman–Crippen LogP) is 2.25. The molecule has 2 N–H and O–H groups in total. The van der Waals surface area contributed by atoms with Crippen LogP contribution in [-0.2, 0) is 6.42 Å². The van der Waals surface area contributed by atoms with Crippen molar-refractivity contribution in [1.29, 1.82) is 0 Å². The highest BCUT2D eigenvalue weighted by Crippen LogP contribution is 2.29. The lowest BCUT2D eigenvalue weighted by molar-refractivity contribution is 0.111. The molecule has 0 saturated carbocycles. The van der Waals surface area contributed by atoms with Gasteiger partial charge < -0.3 is 10.2 Å². The fourth-order valence-corrected chi connectivity index (χ4v) is 1.33. The molecule has 0 amide bonds. The minimum Gasteiger partial charge on any atom is -0.507 e. The normalized spacial score (nSPS) is 10.1. The number of aryl methyl sites for hydroxylation is 1. The number of aromatic hydroxyl groups is 2. The first-order valence-electron chi connectivity index (χ1n) is 4.69. The Balaban J connectivity index is 3.02. The number of benzene rings is 1. The van der Waals surface area contributed by atoms with Gasteiger partial charge in [-0.15, -0.1) is 0 Å². The lowest BCUT2D eigenvalue weighted by Crippen LogP contribution is -1.91. The largest absolute Gasteiger partial charge is 0.507 e. The number of carbonyl (C=O) groups is 1. The van der Waals surface area contributed by atoms with Gasteiger partial charge in [0.2, 0.25) is 0 Å². The molecule has 1 aromatic carbocycles. The standard InChI is InChI=1S/C11H14O3/c1-2-3-4-8-5-6-10(13)9(7-12)11(8)14/h5-7,13-14H,2-4H2,1H3. The highest BCUT2D eigenvalue weighted by atomic mass is 16.3. The minimum absolute atomic E-state index is 0.0152. The number of hydrogen-bond acceptors (Lipinski definition) is 3. The fourth-order valence-electron chi connectivity index (χ4n) is 1.33. The quantitative estimate of drug-likeness (QED) is 0.723. The van der Waals surface area contributed by atoms with Crippen LogP contribution >= 0.6 is 0 Å². The molecule has 0 heterocycles. The monoisotopic (exact) mass is 194 g/mol. The first kappa shape index (κ1) is 10.6. The van der Waals surface area contributed by atoms with Gasteiger partial charge >= 0.3 is 0 Å². The SMILES string of the molecule is CCCCc1ccc(O)c(C=O)c1O. The summed E-state index contributed by atoms with van der Waals surface area (Å²) in [5.74, 6) is -0.258. The van der Waals surface area contributed by atoms with Crippen LogP contribution in [0.1, 0.15) is 35.7 Å². The van der Waals surface area contributed by atoms with Crippen molar-refractivity contribution < 1.29 is 15.0 Å². The zero-order valence-corrected chi connectivity index (χ0v) is 8.16. The molecule has 3 nitrogen and oxygen atoms in total. The van der Waals surface area contributed by atoms with Crippen LogP contribution in [0.5, 0.6) is 11.5 Å². The molecule has 0 saturated heterocycles. The Hall–Kier alpha value is -1.51. The van der Waals surface area contributed by atoms with Crippen LogP contribution in [0.15, 0.2) is 12.1 Å². The fraction of sp³-hybridized carbons (Fsp3) is 0.364. The minimum atomic E-state index is -0.169. The Bertz CT molecular complexity index is 332. The molecule has 14 heavy (non-hydrogen) atoms. The number of unbranched alkanes of at least 4 members (excludes halogenated alkanes) is 1. The van der Waals surface area contributed by atoms with Gasteiger partial charge in [-0.2, -0.15) is 0 Å². The van der Waals surface area contributed by atoms with E-state index in [9.17, 15) is 15.0 Å². The summed E-state index contributed by atoms with van der Waals surface area (Å²) in [5.41, 5.74) is 0.699. The molecule has 0 fully saturated rings. The third-order valence-corrected chi connectivity index (χ3v) is 2.20. The van der Waals surface area contributed by atoms with Crippen molar-refractivity contribution in [2.45, 2.75) is 26.2 Å². The molecule has 0 unspecified atom stereocenters. The number of phenolic OH excluding ortho intramolecular Hbond substituents is 2. The van der Waals surface area contributed by atoms with E-state index in [1.54, 1.807) is 6.07 Å². The molecular formula is C11H14O3. The van der Waals surface area contributed by atoms with Crippen molar-refractivity contribution in [1.82, 2.24) is 0 Å². The smallest absolute Gasteiger partial charge is 0.157 e. The van der Waals surface area contributed by atoms with Crippen LogP contribution in [-0.4, -0.2) is 16.5 Å². The third kappa shape index (κ3) is 2.05. The molecule has 1 rings (SSSR count). The molecular weight excluding hydrogens is 180 g/mol. The molecule has 1 aromatic rings. The summed E-state index contributed by atoms with van der Waals surface area (Å²) < 4.78 is 0. The molecule has 0 aliphatic rings. The van der Waals surface area contributed by atoms with E-state index in [-0.39, 0.29) is 17.1 Å². The lowest BCUT2D eigenvalue weighted by atomic mass is 10.0. The van der Waals surface area contributed by atoms with Crippen LogP contribution in [0.3, 0.4) is 0 Å².